The second-order valence-corrected chi connectivity index (χ2v) is 2.71. The first-order chi connectivity index (χ1) is 6.57. The first kappa shape index (κ1) is 9.97. The van der Waals surface area contributed by atoms with Crippen LogP contribution in [-0.2, 0) is 0 Å². The summed E-state index contributed by atoms with van der Waals surface area (Å²) in [6, 6.07) is 4.63. The van der Waals surface area contributed by atoms with Gasteiger partial charge in [0.25, 0.3) is 5.69 Å². The molecular formula is C8H9N3O3. The Labute approximate surface area is 79.8 Å². The zero-order valence-corrected chi connectivity index (χ0v) is 7.47. The van der Waals surface area contributed by atoms with Crippen molar-refractivity contribution in [2.75, 3.05) is 0 Å². The maximum Gasteiger partial charge on any atom is 0.283 e. The van der Waals surface area contributed by atoms with Crippen molar-refractivity contribution >= 4 is 11.5 Å². The lowest BCUT2D eigenvalue weighted by atomic mass is 10.1. The van der Waals surface area contributed by atoms with Crippen molar-refractivity contribution in [3.8, 4) is 0 Å². The van der Waals surface area contributed by atoms with E-state index in [1.54, 1.807) is 19.1 Å². The maximum atomic E-state index is 10.7. The standard InChI is InChI=1S/C8H9N3O3/c1-5-3-2-4-6(8(9)10-12)7(5)11(13)14/h2-4,12H,1H3,(H2,9,10). The fraction of sp³-hybridized carbons (Fsp3) is 0.125. The van der Waals surface area contributed by atoms with Crippen LogP contribution in [-0.4, -0.2) is 16.0 Å². The zero-order chi connectivity index (χ0) is 10.7. The van der Waals surface area contributed by atoms with E-state index in [9.17, 15) is 10.1 Å². The Morgan fingerprint density at radius 3 is 2.79 bits per heavy atom. The Morgan fingerprint density at radius 1 is 1.64 bits per heavy atom. The molecule has 0 saturated heterocycles. The fourth-order valence-corrected chi connectivity index (χ4v) is 1.16. The summed E-state index contributed by atoms with van der Waals surface area (Å²) in [5.41, 5.74) is 5.76. The van der Waals surface area contributed by atoms with Gasteiger partial charge in [0, 0.05) is 5.56 Å². The Bertz CT molecular complexity index is 401. The van der Waals surface area contributed by atoms with Gasteiger partial charge >= 0.3 is 0 Å². The van der Waals surface area contributed by atoms with Crippen LogP contribution in [0.15, 0.2) is 23.4 Å². The van der Waals surface area contributed by atoms with Gasteiger partial charge in [-0.1, -0.05) is 17.3 Å². The van der Waals surface area contributed by atoms with E-state index < -0.39 is 4.92 Å². The number of hydrogen-bond acceptors (Lipinski definition) is 4. The van der Waals surface area contributed by atoms with Crippen molar-refractivity contribution < 1.29 is 10.1 Å². The molecule has 74 valence electrons. The second-order valence-electron chi connectivity index (χ2n) is 2.71. The molecule has 0 saturated carbocycles. The molecule has 1 aromatic rings. The molecule has 0 unspecified atom stereocenters. The van der Waals surface area contributed by atoms with Gasteiger partial charge in [-0.05, 0) is 13.0 Å². The van der Waals surface area contributed by atoms with Gasteiger partial charge in [-0.15, -0.1) is 0 Å². The van der Waals surface area contributed by atoms with E-state index in [-0.39, 0.29) is 17.1 Å². The SMILES string of the molecule is Cc1cccc(C(N)=NO)c1[N+](=O)[O-]. The van der Waals surface area contributed by atoms with Crippen molar-refractivity contribution in [1.82, 2.24) is 0 Å². The van der Waals surface area contributed by atoms with Crippen LogP contribution in [0.1, 0.15) is 11.1 Å². The molecule has 0 aromatic heterocycles. The molecule has 0 spiro atoms. The Morgan fingerprint density at radius 2 is 2.29 bits per heavy atom. The largest absolute Gasteiger partial charge is 0.409 e. The Kier molecular flexibility index (Phi) is 2.66. The molecule has 1 rings (SSSR count). The van der Waals surface area contributed by atoms with Crippen LogP contribution < -0.4 is 5.73 Å². The highest BCUT2D eigenvalue weighted by Gasteiger charge is 2.19. The Hall–Kier alpha value is -2.11. The van der Waals surface area contributed by atoms with Gasteiger partial charge < -0.3 is 10.9 Å². The van der Waals surface area contributed by atoms with E-state index in [2.05, 4.69) is 5.16 Å². The molecule has 3 N–H and O–H groups in total. The minimum Gasteiger partial charge on any atom is -0.409 e. The van der Waals surface area contributed by atoms with Crippen molar-refractivity contribution in [3.63, 3.8) is 0 Å². The summed E-state index contributed by atoms with van der Waals surface area (Å²) in [6.45, 7) is 1.59. The summed E-state index contributed by atoms with van der Waals surface area (Å²) >= 11 is 0. The van der Waals surface area contributed by atoms with Crippen molar-refractivity contribution in [1.29, 1.82) is 0 Å². The average Bonchev–Trinajstić information content (AvgIpc) is 2.15. The van der Waals surface area contributed by atoms with Crippen LogP contribution in [0.3, 0.4) is 0 Å². The number of aryl methyl sites for hydroxylation is 1. The molecule has 0 atom stereocenters. The van der Waals surface area contributed by atoms with Crippen molar-refractivity contribution in [2.45, 2.75) is 6.92 Å². The molecule has 0 fully saturated rings. The molecule has 0 radical (unpaired) electrons. The van der Waals surface area contributed by atoms with Crippen LogP contribution in [0.5, 0.6) is 0 Å². The third-order valence-corrected chi connectivity index (χ3v) is 1.80. The predicted octanol–water partition coefficient (Wildman–Crippen LogP) is 0.998. The Balaban J connectivity index is 3.43. The van der Waals surface area contributed by atoms with Crippen LogP contribution >= 0.6 is 0 Å². The van der Waals surface area contributed by atoms with Gasteiger partial charge in [0.05, 0.1) is 10.5 Å². The van der Waals surface area contributed by atoms with Crippen LogP contribution in [0.2, 0.25) is 0 Å². The number of nitro benzene ring substituents is 1. The molecule has 6 heteroatoms. The van der Waals surface area contributed by atoms with Gasteiger partial charge in [0.2, 0.25) is 0 Å². The van der Waals surface area contributed by atoms with Crippen LogP contribution in [0.25, 0.3) is 0 Å². The third kappa shape index (κ3) is 1.63. The molecule has 6 nitrogen and oxygen atoms in total. The maximum absolute atomic E-state index is 10.7. The highest BCUT2D eigenvalue weighted by atomic mass is 16.6. The molecule has 1 aromatic carbocycles. The van der Waals surface area contributed by atoms with E-state index in [1.807, 2.05) is 0 Å². The quantitative estimate of drug-likeness (QED) is 0.241. The smallest absolute Gasteiger partial charge is 0.283 e. The fourth-order valence-electron chi connectivity index (χ4n) is 1.16. The van der Waals surface area contributed by atoms with E-state index in [0.29, 0.717) is 5.56 Å². The number of nitrogens with zero attached hydrogens (tertiary/aromatic N) is 2. The predicted molar refractivity (Wildman–Crippen MR) is 50.3 cm³/mol. The number of hydrogen-bond donors (Lipinski definition) is 2. The van der Waals surface area contributed by atoms with Crippen LogP contribution in [0, 0.1) is 17.0 Å². The number of nitrogens with two attached hydrogens (primary N) is 1. The number of oxime groups is 1. The summed E-state index contributed by atoms with van der Waals surface area (Å²) in [6.07, 6.45) is 0. The first-order valence-corrected chi connectivity index (χ1v) is 3.80. The molecule has 14 heavy (non-hydrogen) atoms. The van der Waals surface area contributed by atoms with Crippen LogP contribution in [0.4, 0.5) is 5.69 Å². The molecule has 0 bridgehead atoms. The van der Waals surface area contributed by atoms with Crippen molar-refractivity contribution in [2.24, 2.45) is 10.9 Å². The zero-order valence-electron chi connectivity index (χ0n) is 7.47. The summed E-state index contributed by atoms with van der Waals surface area (Å²) < 4.78 is 0. The lowest BCUT2D eigenvalue weighted by Gasteiger charge is -2.02. The summed E-state index contributed by atoms with van der Waals surface area (Å²) in [7, 11) is 0. The van der Waals surface area contributed by atoms with E-state index in [0.717, 1.165) is 0 Å². The molecule has 0 amide bonds. The van der Waals surface area contributed by atoms with Gasteiger partial charge in [-0.25, -0.2) is 0 Å². The lowest BCUT2D eigenvalue weighted by Crippen LogP contribution is -2.15. The molecule has 0 aliphatic carbocycles. The topological polar surface area (TPSA) is 102 Å². The van der Waals surface area contributed by atoms with Gasteiger partial charge in [0.1, 0.15) is 0 Å². The van der Waals surface area contributed by atoms with Crippen molar-refractivity contribution in [3.05, 3.63) is 39.4 Å². The third-order valence-electron chi connectivity index (χ3n) is 1.80. The lowest BCUT2D eigenvalue weighted by molar-refractivity contribution is -0.385. The van der Waals surface area contributed by atoms with Gasteiger partial charge in [-0.3, -0.25) is 10.1 Å². The second kappa shape index (κ2) is 3.73. The highest BCUT2D eigenvalue weighted by molar-refractivity contribution is 6.01. The minimum atomic E-state index is -0.553. The normalized spacial score (nSPS) is 11.4. The minimum absolute atomic E-state index is 0.123. The van der Waals surface area contributed by atoms with E-state index in [1.165, 1.54) is 6.07 Å². The van der Waals surface area contributed by atoms with E-state index in [4.69, 9.17) is 10.9 Å². The average molecular weight is 195 g/mol. The number of rotatable bonds is 2. The summed E-state index contributed by atoms with van der Waals surface area (Å²) in [5, 5.41) is 21.8. The molecule has 0 aliphatic heterocycles. The monoisotopic (exact) mass is 195 g/mol. The van der Waals surface area contributed by atoms with Gasteiger partial charge in [-0.2, -0.15) is 0 Å². The number of para-hydroxylation sites is 1. The summed E-state index contributed by atoms with van der Waals surface area (Å²) in [5.74, 6) is -0.264. The highest BCUT2D eigenvalue weighted by Crippen LogP contribution is 2.22. The van der Waals surface area contributed by atoms with Gasteiger partial charge in [0.15, 0.2) is 5.84 Å². The summed E-state index contributed by atoms with van der Waals surface area (Å²) in [4.78, 5) is 10.1. The molecule has 0 aliphatic rings. The van der Waals surface area contributed by atoms with E-state index >= 15 is 0 Å². The number of benzene rings is 1. The first-order valence-electron chi connectivity index (χ1n) is 3.80. The number of amidine groups is 1. The molecular weight excluding hydrogens is 186 g/mol. The molecule has 0 heterocycles. The number of nitro groups is 1.